The van der Waals surface area contributed by atoms with Gasteiger partial charge in [-0.05, 0) is 55.3 Å². The highest BCUT2D eigenvalue weighted by Crippen LogP contribution is 2.16. The van der Waals surface area contributed by atoms with Crippen LogP contribution in [0.15, 0.2) is 48.5 Å². The summed E-state index contributed by atoms with van der Waals surface area (Å²) in [5.41, 5.74) is 1.14. The Morgan fingerprint density at radius 3 is 2.30 bits per heavy atom. The van der Waals surface area contributed by atoms with Gasteiger partial charge in [-0.2, -0.15) is 0 Å². The average molecular weight is 334 g/mol. The fraction of sp³-hybridized carbons (Fsp3) is 0.278. The molecule has 0 aliphatic rings. The lowest BCUT2D eigenvalue weighted by Gasteiger charge is -2.14. The second kappa shape index (κ2) is 8.44. The van der Waals surface area contributed by atoms with Crippen LogP contribution in [0.4, 0.5) is 0 Å². The molecule has 1 N–H and O–H groups in total. The zero-order chi connectivity index (χ0) is 16.7. The van der Waals surface area contributed by atoms with Crippen molar-refractivity contribution in [3.63, 3.8) is 0 Å². The molecule has 0 aromatic heterocycles. The van der Waals surface area contributed by atoms with Crippen LogP contribution >= 0.6 is 11.6 Å². The number of hydrogen-bond acceptors (Lipinski definition) is 3. The van der Waals surface area contributed by atoms with Crippen molar-refractivity contribution in [3.05, 3.63) is 59.1 Å². The van der Waals surface area contributed by atoms with Crippen LogP contribution in [0.3, 0.4) is 0 Å². The number of carbonyl (C=O) groups excluding carboxylic acids is 1. The van der Waals surface area contributed by atoms with Crippen molar-refractivity contribution < 1.29 is 14.3 Å². The van der Waals surface area contributed by atoms with E-state index in [1.165, 1.54) is 0 Å². The van der Waals surface area contributed by atoms with E-state index < -0.39 is 6.10 Å². The van der Waals surface area contributed by atoms with Gasteiger partial charge in [0, 0.05) is 11.6 Å². The fourth-order valence-corrected chi connectivity index (χ4v) is 2.16. The van der Waals surface area contributed by atoms with E-state index in [1.54, 1.807) is 38.3 Å². The molecule has 5 heteroatoms. The molecule has 0 saturated heterocycles. The standard InChI is InChI=1S/C18H20ClNO3/c1-13(23-17-9-5-15(19)6-10-17)18(21)20-12-11-14-3-7-16(22-2)8-4-14/h3-10,13H,11-12H2,1-2H3,(H,20,21). The molecule has 23 heavy (non-hydrogen) atoms. The summed E-state index contributed by atoms with van der Waals surface area (Å²) in [4.78, 5) is 12.0. The Labute approximate surface area is 141 Å². The summed E-state index contributed by atoms with van der Waals surface area (Å²) in [6.45, 7) is 2.27. The van der Waals surface area contributed by atoms with Crippen molar-refractivity contribution in [1.82, 2.24) is 5.32 Å². The molecule has 4 nitrogen and oxygen atoms in total. The van der Waals surface area contributed by atoms with E-state index in [4.69, 9.17) is 21.1 Å². The molecule has 1 atom stereocenters. The number of carbonyl (C=O) groups is 1. The topological polar surface area (TPSA) is 47.6 Å². The van der Waals surface area contributed by atoms with Gasteiger partial charge in [0.15, 0.2) is 6.10 Å². The van der Waals surface area contributed by atoms with E-state index in [-0.39, 0.29) is 5.91 Å². The molecule has 0 spiro atoms. The number of hydrogen-bond donors (Lipinski definition) is 1. The number of halogens is 1. The van der Waals surface area contributed by atoms with Crippen LogP contribution in [0, 0.1) is 0 Å². The molecule has 0 aliphatic carbocycles. The third kappa shape index (κ3) is 5.49. The van der Waals surface area contributed by atoms with Crippen LogP contribution in [0.2, 0.25) is 5.02 Å². The number of methoxy groups -OCH3 is 1. The summed E-state index contributed by atoms with van der Waals surface area (Å²) in [6.07, 6.45) is 0.190. The van der Waals surface area contributed by atoms with E-state index in [1.807, 2.05) is 24.3 Å². The lowest BCUT2D eigenvalue weighted by molar-refractivity contribution is -0.127. The van der Waals surface area contributed by atoms with Crippen molar-refractivity contribution in [1.29, 1.82) is 0 Å². The van der Waals surface area contributed by atoms with Crippen LogP contribution in [-0.2, 0) is 11.2 Å². The van der Waals surface area contributed by atoms with Crippen molar-refractivity contribution >= 4 is 17.5 Å². The highest BCUT2D eigenvalue weighted by molar-refractivity contribution is 6.30. The summed E-state index contributed by atoms with van der Waals surface area (Å²) >= 11 is 5.81. The van der Waals surface area contributed by atoms with E-state index in [0.29, 0.717) is 17.3 Å². The highest BCUT2D eigenvalue weighted by atomic mass is 35.5. The second-order valence-corrected chi connectivity index (χ2v) is 5.54. The van der Waals surface area contributed by atoms with E-state index in [2.05, 4.69) is 5.32 Å². The number of ether oxygens (including phenoxy) is 2. The predicted molar refractivity (Wildman–Crippen MR) is 91.2 cm³/mol. The summed E-state index contributed by atoms with van der Waals surface area (Å²) in [5.74, 6) is 1.29. The van der Waals surface area contributed by atoms with Gasteiger partial charge >= 0.3 is 0 Å². The molecular weight excluding hydrogens is 314 g/mol. The normalized spacial score (nSPS) is 11.6. The smallest absolute Gasteiger partial charge is 0.260 e. The zero-order valence-corrected chi connectivity index (χ0v) is 14.0. The van der Waals surface area contributed by atoms with Gasteiger partial charge in [-0.1, -0.05) is 23.7 Å². The Bertz CT molecular complexity index is 626. The first-order chi connectivity index (χ1) is 11.1. The van der Waals surface area contributed by atoms with Gasteiger partial charge in [0.1, 0.15) is 11.5 Å². The first-order valence-corrected chi connectivity index (χ1v) is 7.79. The molecule has 1 unspecified atom stereocenters. The van der Waals surface area contributed by atoms with Gasteiger partial charge in [-0.15, -0.1) is 0 Å². The largest absolute Gasteiger partial charge is 0.497 e. The number of amides is 1. The van der Waals surface area contributed by atoms with Gasteiger partial charge in [-0.25, -0.2) is 0 Å². The van der Waals surface area contributed by atoms with Gasteiger partial charge < -0.3 is 14.8 Å². The van der Waals surface area contributed by atoms with Crippen molar-refractivity contribution in [2.24, 2.45) is 0 Å². The molecular formula is C18H20ClNO3. The predicted octanol–water partition coefficient (Wildman–Crippen LogP) is 3.47. The molecule has 0 saturated carbocycles. The van der Waals surface area contributed by atoms with Crippen molar-refractivity contribution in [2.75, 3.05) is 13.7 Å². The summed E-state index contributed by atoms with van der Waals surface area (Å²) in [5, 5.41) is 3.50. The number of nitrogens with one attached hydrogen (secondary N) is 1. The maximum absolute atomic E-state index is 12.0. The summed E-state index contributed by atoms with van der Waals surface area (Å²) < 4.78 is 10.7. The Morgan fingerprint density at radius 1 is 1.09 bits per heavy atom. The lowest BCUT2D eigenvalue weighted by atomic mass is 10.1. The van der Waals surface area contributed by atoms with Gasteiger partial charge in [0.05, 0.1) is 7.11 Å². The maximum atomic E-state index is 12.0. The summed E-state index contributed by atoms with van der Waals surface area (Å²) in [6, 6.07) is 14.7. The zero-order valence-electron chi connectivity index (χ0n) is 13.2. The average Bonchev–Trinajstić information content (AvgIpc) is 2.57. The maximum Gasteiger partial charge on any atom is 0.260 e. The van der Waals surface area contributed by atoms with Crippen LogP contribution in [0.1, 0.15) is 12.5 Å². The van der Waals surface area contributed by atoms with Crippen LogP contribution in [0.5, 0.6) is 11.5 Å². The molecule has 1 amide bonds. The van der Waals surface area contributed by atoms with Crippen LogP contribution in [-0.4, -0.2) is 25.7 Å². The first kappa shape index (κ1) is 17.2. The molecule has 0 bridgehead atoms. The minimum Gasteiger partial charge on any atom is -0.497 e. The summed E-state index contributed by atoms with van der Waals surface area (Å²) in [7, 11) is 1.64. The second-order valence-electron chi connectivity index (χ2n) is 5.10. The molecule has 0 radical (unpaired) electrons. The van der Waals surface area contributed by atoms with Crippen LogP contribution < -0.4 is 14.8 Å². The van der Waals surface area contributed by atoms with Crippen LogP contribution in [0.25, 0.3) is 0 Å². The molecule has 0 fully saturated rings. The molecule has 0 aliphatic heterocycles. The van der Waals surface area contributed by atoms with Gasteiger partial charge in [0.2, 0.25) is 0 Å². The van der Waals surface area contributed by atoms with Gasteiger partial charge in [0.25, 0.3) is 5.91 Å². The van der Waals surface area contributed by atoms with Crippen molar-refractivity contribution in [3.8, 4) is 11.5 Å². The molecule has 2 rings (SSSR count). The number of benzene rings is 2. The lowest BCUT2D eigenvalue weighted by Crippen LogP contribution is -2.37. The third-order valence-electron chi connectivity index (χ3n) is 3.37. The van der Waals surface area contributed by atoms with E-state index in [9.17, 15) is 4.79 Å². The minimum absolute atomic E-state index is 0.145. The number of rotatable bonds is 7. The molecule has 122 valence electrons. The SMILES string of the molecule is COc1ccc(CCNC(=O)C(C)Oc2ccc(Cl)cc2)cc1. The monoisotopic (exact) mass is 333 g/mol. The van der Waals surface area contributed by atoms with Crippen molar-refractivity contribution in [2.45, 2.75) is 19.4 Å². The fourth-order valence-electron chi connectivity index (χ4n) is 2.04. The Balaban J connectivity index is 1.75. The highest BCUT2D eigenvalue weighted by Gasteiger charge is 2.13. The van der Waals surface area contributed by atoms with Gasteiger partial charge in [-0.3, -0.25) is 4.79 Å². The Kier molecular flexibility index (Phi) is 6.29. The Morgan fingerprint density at radius 2 is 1.70 bits per heavy atom. The molecule has 2 aromatic carbocycles. The minimum atomic E-state index is -0.563. The van der Waals surface area contributed by atoms with E-state index in [0.717, 1.165) is 17.7 Å². The molecule has 0 heterocycles. The third-order valence-corrected chi connectivity index (χ3v) is 3.62. The Hall–Kier alpha value is -2.20. The van der Waals surface area contributed by atoms with E-state index >= 15 is 0 Å². The molecule has 2 aromatic rings. The quantitative estimate of drug-likeness (QED) is 0.844. The first-order valence-electron chi connectivity index (χ1n) is 7.41.